The summed E-state index contributed by atoms with van der Waals surface area (Å²) in [5.41, 5.74) is 2.90. The molecule has 1 amide bonds. The van der Waals surface area contributed by atoms with Gasteiger partial charge in [-0.1, -0.05) is 74.9 Å². The Kier molecular flexibility index (Phi) is 4.47. The molecule has 2 aromatic carbocycles. The summed E-state index contributed by atoms with van der Waals surface area (Å²) >= 11 is 0. The molecule has 27 heavy (non-hydrogen) atoms. The molecule has 1 heterocycles. The van der Waals surface area contributed by atoms with Crippen molar-refractivity contribution in [1.82, 2.24) is 0 Å². The van der Waals surface area contributed by atoms with E-state index in [4.69, 9.17) is 0 Å². The molecule has 2 aromatic rings. The van der Waals surface area contributed by atoms with E-state index in [0.29, 0.717) is 5.57 Å². The van der Waals surface area contributed by atoms with Gasteiger partial charge in [0.2, 0.25) is 5.91 Å². The molecule has 0 fully saturated rings. The summed E-state index contributed by atoms with van der Waals surface area (Å²) in [6, 6.07) is 18.0. The predicted octanol–water partition coefficient (Wildman–Crippen LogP) is 4.85. The summed E-state index contributed by atoms with van der Waals surface area (Å²) in [4.78, 5) is 25.7. The normalized spacial score (nSPS) is 29.2. The molecule has 1 spiro atoms. The van der Waals surface area contributed by atoms with Crippen molar-refractivity contribution >= 4 is 17.9 Å². The van der Waals surface area contributed by atoms with Gasteiger partial charge in [0, 0.05) is 11.6 Å². The van der Waals surface area contributed by atoms with E-state index >= 15 is 0 Å². The maximum atomic E-state index is 13.6. The Morgan fingerprint density at radius 1 is 1.07 bits per heavy atom. The fourth-order valence-electron chi connectivity index (χ4n) is 5.37. The first-order valence-corrected chi connectivity index (χ1v) is 9.77. The molecule has 0 saturated carbocycles. The smallest absolute Gasteiger partial charge is 0.236 e. The summed E-state index contributed by atoms with van der Waals surface area (Å²) in [5.74, 6) is 0.0463. The minimum Gasteiger partial charge on any atom is -0.325 e. The number of rotatable bonds is 4. The zero-order chi connectivity index (χ0) is 19.0. The van der Waals surface area contributed by atoms with E-state index in [1.807, 2.05) is 48.5 Å². The number of nitrogens with one attached hydrogen (secondary N) is 1. The van der Waals surface area contributed by atoms with Crippen LogP contribution in [0.3, 0.4) is 0 Å². The second kappa shape index (κ2) is 6.80. The minimum absolute atomic E-state index is 0.0234. The highest BCUT2D eigenvalue weighted by atomic mass is 16.2. The van der Waals surface area contributed by atoms with Crippen LogP contribution in [0.2, 0.25) is 0 Å². The maximum Gasteiger partial charge on any atom is 0.236 e. The Morgan fingerprint density at radius 2 is 1.78 bits per heavy atom. The average molecular weight is 359 g/mol. The van der Waals surface area contributed by atoms with Crippen LogP contribution in [0.1, 0.15) is 43.7 Å². The van der Waals surface area contributed by atoms with Crippen molar-refractivity contribution in [2.45, 2.75) is 38.0 Å². The molecular weight excluding hydrogens is 334 g/mol. The number of carbonyl (C=O) groups is 2. The fourth-order valence-corrected chi connectivity index (χ4v) is 5.37. The van der Waals surface area contributed by atoms with E-state index < -0.39 is 5.41 Å². The molecule has 1 aliphatic heterocycles. The Hall–Kier alpha value is -2.68. The molecule has 3 nitrogen and oxygen atoms in total. The first-order valence-electron chi connectivity index (χ1n) is 9.77. The molecule has 2 aliphatic rings. The van der Waals surface area contributed by atoms with E-state index in [9.17, 15) is 9.59 Å². The number of carbonyl (C=O) groups excluding carboxylic acids is 2. The molecule has 4 rings (SSSR count). The van der Waals surface area contributed by atoms with Crippen LogP contribution in [0.25, 0.3) is 0 Å². The van der Waals surface area contributed by atoms with Gasteiger partial charge in [0.1, 0.15) is 6.29 Å². The molecule has 0 radical (unpaired) electrons. The molecule has 0 aromatic heterocycles. The number of para-hydroxylation sites is 1. The first-order chi connectivity index (χ1) is 13.1. The predicted molar refractivity (Wildman–Crippen MR) is 108 cm³/mol. The van der Waals surface area contributed by atoms with Gasteiger partial charge in [-0.2, -0.15) is 0 Å². The zero-order valence-electron chi connectivity index (χ0n) is 15.8. The monoisotopic (exact) mass is 359 g/mol. The number of hydrogen-bond acceptors (Lipinski definition) is 2. The molecular formula is C24H25NO2. The zero-order valence-corrected chi connectivity index (χ0v) is 15.8. The van der Waals surface area contributed by atoms with Gasteiger partial charge >= 0.3 is 0 Å². The summed E-state index contributed by atoms with van der Waals surface area (Å²) in [6.45, 7) is 4.30. The van der Waals surface area contributed by atoms with Crippen LogP contribution >= 0.6 is 0 Å². The van der Waals surface area contributed by atoms with Gasteiger partial charge in [0.25, 0.3) is 0 Å². The number of hydrogen-bond donors (Lipinski definition) is 1. The minimum atomic E-state index is -0.752. The lowest BCUT2D eigenvalue weighted by Gasteiger charge is -2.48. The number of benzene rings is 2. The molecule has 0 unspecified atom stereocenters. The summed E-state index contributed by atoms with van der Waals surface area (Å²) in [6.07, 6.45) is 4.98. The lowest BCUT2D eigenvalue weighted by molar-refractivity contribution is -0.124. The van der Waals surface area contributed by atoms with Gasteiger partial charge in [-0.05, 0) is 41.0 Å². The van der Waals surface area contributed by atoms with Gasteiger partial charge in [-0.15, -0.1) is 0 Å². The Labute approximate surface area is 160 Å². The maximum absolute atomic E-state index is 13.6. The highest BCUT2D eigenvalue weighted by molar-refractivity contribution is 6.08. The number of anilines is 1. The quantitative estimate of drug-likeness (QED) is 0.793. The van der Waals surface area contributed by atoms with E-state index in [2.05, 4.69) is 31.3 Å². The van der Waals surface area contributed by atoms with Crippen LogP contribution in [0, 0.1) is 11.8 Å². The van der Waals surface area contributed by atoms with E-state index in [-0.39, 0.29) is 23.7 Å². The number of aldehydes is 1. The topological polar surface area (TPSA) is 46.2 Å². The standard InChI is InChI=1S/C24H25NO2/c1-3-9-19-16(2)14-18(15-26)22(17-10-5-4-6-11-17)24(19)20-12-7-8-13-21(20)25-23(24)27/h4-8,10-16,19,22H,3,9H2,1-2H3,(H,25,27)/t16-,19+,22+,24-/m0/s1. The van der Waals surface area contributed by atoms with Gasteiger partial charge in [-0.3, -0.25) is 9.59 Å². The van der Waals surface area contributed by atoms with Crippen LogP contribution in [-0.2, 0) is 15.0 Å². The van der Waals surface area contributed by atoms with Gasteiger partial charge in [-0.25, -0.2) is 0 Å². The number of fused-ring (bicyclic) bond motifs is 2. The van der Waals surface area contributed by atoms with Gasteiger partial charge in [0.15, 0.2) is 0 Å². The molecule has 0 saturated heterocycles. The Bertz CT molecular complexity index is 902. The largest absolute Gasteiger partial charge is 0.325 e. The Balaban J connectivity index is 2.05. The molecule has 4 atom stereocenters. The highest BCUT2D eigenvalue weighted by Gasteiger charge is 2.60. The highest BCUT2D eigenvalue weighted by Crippen LogP contribution is 2.59. The lowest BCUT2D eigenvalue weighted by Crippen LogP contribution is -2.52. The summed E-state index contributed by atoms with van der Waals surface area (Å²) < 4.78 is 0. The third-order valence-corrected chi connectivity index (χ3v) is 6.33. The van der Waals surface area contributed by atoms with E-state index in [1.54, 1.807) is 0 Å². The van der Waals surface area contributed by atoms with Crippen molar-refractivity contribution in [3.05, 3.63) is 77.4 Å². The van der Waals surface area contributed by atoms with Gasteiger partial charge in [0.05, 0.1) is 5.41 Å². The van der Waals surface area contributed by atoms with Crippen LogP contribution in [0.4, 0.5) is 5.69 Å². The SMILES string of the molecule is CCC[C@@H]1[C@@H](C)C=C(C=O)[C@@H](c2ccccc2)[C@]12C(=O)Nc1ccccc12. The third-order valence-electron chi connectivity index (χ3n) is 6.33. The second-order valence-corrected chi connectivity index (χ2v) is 7.75. The molecule has 1 N–H and O–H groups in total. The van der Waals surface area contributed by atoms with Gasteiger partial charge < -0.3 is 5.32 Å². The third kappa shape index (κ3) is 2.48. The summed E-state index contributed by atoms with van der Waals surface area (Å²) in [5, 5.41) is 3.13. The van der Waals surface area contributed by atoms with Crippen molar-refractivity contribution in [2.75, 3.05) is 5.32 Å². The molecule has 0 bridgehead atoms. The van der Waals surface area contributed by atoms with Crippen molar-refractivity contribution in [3.63, 3.8) is 0 Å². The van der Waals surface area contributed by atoms with Crippen LogP contribution in [0.5, 0.6) is 0 Å². The van der Waals surface area contributed by atoms with E-state index in [0.717, 1.165) is 35.9 Å². The second-order valence-electron chi connectivity index (χ2n) is 7.75. The summed E-state index contributed by atoms with van der Waals surface area (Å²) in [7, 11) is 0. The lowest BCUT2D eigenvalue weighted by atomic mass is 9.52. The average Bonchev–Trinajstić information content (AvgIpc) is 2.98. The Morgan fingerprint density at radius 3 is 2.48 bits per heavy atom. The van der Waals surface area contributed by atoms with Crippen molar-refractivity contribution < 1.29 is 9.59 Å². The van der Waals surface area contributed by atoms with Crippen LogP contribution in [-0.4, -0.2) is 12.2 Å². The van der Waals surface area contributed by atoms with Crippen LogP contribution in [0.15, 0.2) is 66.2 Å². The molecule has 3 heteroatoms. The van der Waals surface area contributed by atoms with E-state index in [1.165, 1.54) is 0 Å². The molecule has 1 aliphatic carbocycles. The van der Waals surface area contributed by atoms with Crippen LogP contribution < -0.4 is 5.32 Å². The number of amides is 1. The van der Waals surface area contributed by atoms with Crippen molar-refractivity contribution in [3.8, 4) is 0 Å². The number of allylic oxidation sites excluding steroid dienone is 2. The van der Waals surface area contributed by atoms with Crippen molar-refractivity contribution in [2.24, 2.45) is 11.8 Å². The fraction of sp³-hybridized carbons (Fsp3) is 0.333. The first kappa shape index (κ1) is 17.7. The van der Waals surface area contributed by atoms with Crippen molar-refractivity contribution in [1.29, 1.82) is 0 Å². The molecule has 138 valence electrons.